The average Bonchev–Trinajstić information content (AvgIpc) is 2.77. The third-order valence-corrected chi connectivity index (χ3v) is 4.16. The highest BCUT2D eigenvalue weighted by atomic mass is 14.9. The average molecular weight is 195 g/mol. The van der Waals surface area contributed by atoms with Crippen molar-refractivity contribution in [3.8, 4) is 0 Å². The highest BCUT2D eigenvalue weighted by molar-refractivity contribution is 4.78. The second kappa shape index (κ2) is 5.16. The van der Waals surface area contributed by atoms with Gasteiger partial charge in [0.1, 0.15) is 0 Å². The quantitative estimate of drug-likeness (QED) is 0.725. The van der Waals surface area contributed by atoms with Crippen molar-refractivity contribution in [1.82, 2.24) is 5.32 Å². The van der Waals surface area contributed by atoms with Gasteiger partial charge in [-0.3, -0.25) is 0 Å². The van der Waals surface area contributed by atoms with Crippen molar-refractivity contribution >= 4 is 0 Å². The van der Waals surface area contributed by atoms with Crippen LogP contribution in [-0.4, -0.2) is 12.6 Å². The lowest BCUT2D eigenvalue weighted by atomic mass is 10.0. The maximum absolute atomic E-state index is 3.74. The molecule has 0 saturated heterocycles. The highest BCUT2D eigenvalue weighted by Crippen LogP contribution is 2.28. The van der Waals surface area contributed by atoms with E-state index in [0.717, 1.165) is 17.9 Å². The van der Waals surface area contributed by atoms with Crippen LogP contribution in [-0.2, 0) is 0 Å². The van der Waals surface area contributed by atoms with Crippen molar-refractivity contribution in [3.05, 3.63) is 0 Å². The molecule has 2 aliphatic rings. The molecule has 1 heteroatoms. The number of rotatable bonds is 4. The second-order valence-electron chi connectivity index (χ2n) is 5.51. The normalized spacial score (nSPS) is 34.1. The Morgan fingerprint density at radius 1 is 1.07 bits per heavy atom. The van der Waals surface area contributed by atoms with Crippen LogP contribution in [0.25, 0.3) is 0 Å². The predicted molar refractivity (Wildman–Crippen MR) is 61.4 cm³/mol. The van der Waals surface area contributed by atoms with Gasteiger partial charge in [0.2, 0.25) is 0 Å². The zero-order chi connectivity index (χ0) is 9.80. The fourth-order valence-corrected chi connectivity index (χ4v) is 3.18. The van der Waals surface area contributed by atoms with E-state index in [9.17, 15) is 0 Å². The topological polar surface area (TPSA) is 12.0 Å². The molecule has 0 spiro atoms. The Bertz CT molecular complexity index is 161. The molecule has 2 aliphatic carbocycles. The molecule has 0 aromatic carbocycles. The van der Waals surface area contributed by atoms with Crippen molar-refractivity contribution < 1.29 is 0 Å². The maximum atomic E-state index is 3.74. The zero-order valence-corrected chi connectivity index (χ0v) is 9.60. The van der Waals surface area contributed by atoms with Crippen molar-refractivity contribution in [3.63, 3.8) is 0 Å². The molecular formula is C13H25N. The summed E-state index contributed by atoms with van der Waals surface area (Å²) in [6, 6.07) is 0.853. The minimum absolute atomic E-state index is 0.853. The molecule has 0 bridgehead atoms. The molecular weight excluding hydrogens is 170 g/mol. The van der Waals surface area contributed by atoms with Gasteiger partial charge in [-0.25, -0.2) is 0 Å². The summed E-state index contributed by atoms with van der Waals surface area (Å²) in [7, 11) is 0. The van der Waals surface area contributed by atoms with Crippen LogP contribution in [0.5, 0.6) is 0 Å². The molecule has 0 heterocycles. The van der Waals surface area contributed by atoms with Crippen LogP contribution in [0.3, 0.4) is 0 Å². The molecule has 2 saturated carbocycles. The Morgan fingerprint density at radius 3 is 2.50 bits per heavy atom. The summed E-state index contributed by atoms with van der Waals surface area (Å²) in [5.74, 6) is 2.03. The molecule has 1 N–H and O–H groups in total. The standard InChI is InChI=1S/C13H25N/c1-11-6-7-13(10-11)14-9-8-12-4-2-3-5-12/h11-14H,2-10H2,1H3. The van der Waals surface area contributed by atoms with E-state index >= 15 is 0 Å². The van der Waals surface area contributed by atoms with Crippen LogP contribution in [0.15, 0.2) is 0 Å². The Hall–Kier alpha value is -0.0400. The Kier molecular flexibility index (Phi) is 3.86. The summed E-state index contributed by atoms with van der Waals surface area (Å²) in [5.41, 5.74) is 0. The van der Waals surface area contributed by atoms with Crippen LogP contribution >= 0.6 is 0 Å². The number of nitrogens with one attached hydrogen (secondary N) is 1. The molecule has 82 valence electrons. The minimum Gasteiger partial charge on any atom is -0.314 e. The first-order chi connectivity index (χ1) is 6.84. The fourth-order valence-electron chi connectivity index (χ4n) is 3.18. The summed E-state index contributed by atoms with van der Waals surface area (Å²) in [4.78, 5) is 0. The second-order valence-corrected chi connectivity index (χ2v) is 5.51. The van der Waals surface area contributed by atoms with Crippen LogP contribution in [0.1, 0.15) is 58.3 Å². The van der Waals surface area contributed by atoms with E-state index in [-0.39, 0.29) is 0 Å². The monoisotopic (exact) mass is 195 g/mol. The summed E-state index contributed by atoms with van der Waals surface area (Å²) in [6.45, 7) is 3.67. The molecule has 0 aromatic rings. The van der Waals surface area contributed by atoms with Gasteiger partial charge < -0.3 is 5.32 Å². The fraction of sp³-hybridized carbons (Fsp3) is 1.00. The molecule has 2 atom stereocenters. The van der Waals surface area contributed by atoms with Gasteiger partial charge in [0.15, 0.2) is 0 Å². The van der Waals surface area contributed by atoms with E-state index in [1.807, 2.05) is 0 Å². The van der Waals surface area contributed by atoms with E-state index in [4.69, 9.17) is 0 Å². The molecule has 0 aromatic heterocycles. The van der Waals surface area contributed by atoms with Gasteiger partial charge >= 0.3 is 0 Å². The summed E-state index contributed by atoms with van der Waals surface area (Å²) < 4.78 is 0. The highest BCUT2D eigenvalue weighted by Gasteiger charge is 2.21. The molecule has 0 amide bonds. The first kappa shape index (κ1) is 10.5. The number of hydrogen-bond acceptors (Lipinski definition) is 1. The van der Waals surface area contributed by atoms with E-state index in [2.05, 4.69) is 12.2 Å². The number of hydrogen-bond donors (Lipinski definition) is 1. The summed E-state index contributed by atoms with van der Waals surface area (Å²) in [6.07, 6.45) is 11.7. The molecule has 0 aliphatic heterocycles. The van der Waals surface area contributed by atoms with Crippen molar-refractivity contribution in [1.29, 1.82) is 0 Å². The van der Waals surface area contributed by atoms with E-state index < -0.39 is 0 Å². The lowest BCUT2D eigenvalue weighted by Crippen LogP contribution is -2.28. The smallest absolute Gasteiger partial charge is 0.00697 e. The Labute approximate surface area is 88.7 Å². The lowest BCUT2D eigenvalue weighted by molar-refractivity contribution is 0.435. The third kappa shape index (κ3) is 2.98. The van der Waals surface area contributed by atoms with E-state index in [1.54, 1.807) is 0 Å². The van der Waals surface area contributed by atoms with Crippen molar-refractivity contribution in [2.24, 2.45) is 11.8 Å². The first-order valence-electron chi connectivity index (χ1n) is 6.58. The van der Waals surface area contributed by atoms with Gasteiger partial charge in [0.25, 0.3) is 0 Å². The summed E-state index contributed by atoms with van der Waals surface area (Å²) in [5, 5.41) is 3.74. The van der Waals surface area contributed by atoms with Gasteiger partial charge in [-0.2, -0.15) is 0 Å². The van der Waals surface area contributed by atoms with Gasteiger partial charge in [-0.1, -0.05) is 32.6 Å². The first-order valence-corrected chi connectivity index (χ1v) is 6.58. The van der Waals surface area contributed by atoms with Gasteiger partial charge in [0.05, 0.1) is 0 Å². The molecule has 2 rings (SSSR count). The molecule has 14 heavy (non-hydrogen) atoms. The SMILES string of the molecule is CC1CCC(NCCC2CCCC2)C1. The summed E-state index contributed by atoms with van der Waals surface area (Å²) >= 11 is 0. The van der Waals surface area contributed by atoms with Crippen LogP contribution in [0.2, 0.25) is 0 Å². The predicted octanol–water partition coefficient (Wildman–Crippen LogP) is 3.34. The van der Waals surface area contributed by atoms with Crippen LogP contribution in [0.4, 0.5) is 0 Å². The van der Waals surface area contributed by atoms with Crippen molar-refractivity contribution in [2.75, 3.05) is 6.54 Å². The van der Waals surface area contributed by atoms with Gasteiger partial charge in [0, 0.05) is 6.04 Å². The largest absolute Gasteiger partial charge is 0.314 e. The van der Waals surface area contributed by atoms with Crippen molar-refractivity contribution in [2.45, 2.75) is 64.3 Å². The minimum atomic E-state index is 0.853. The van der Waals surface area contributed by atoms with Crippen LogP contribution < -0.4 is 5.32 Å². The molecule has 0 radical (unpaired) electrons. The van der Waals surface area contributed by atoms with E-state index in [0.29, 0.717) is 0 Å². The lowest BCUT2D eigenvalue weighted by Gasteiger charge is -2.14. The Balaban J connectivity index is 1.54. The molecule has 2 unspecified atom stereocenters. The Morgan fingerprint density at radius 2 is 1.86 bits per heavy atom. The maximum Gasteiger partial charge on any atom is 0.00697 e. The zero-order valence-electron chi connectivity index (χ0n) is 9.60. The third-order valence-electron chi connectivity index (χ3n) is 4.16. The van der Waals surface area contributed by atoms with E-state index in [1.165, 1.54) is 57.9 Å². The van der Waals surface area contributed by atoms with Gasteiger partial charge in [-0.05, 0) is 44.1 Å². The molecule has 1 nitrogen and oxygen atoms in total. The van der Waals surface area contributed by atoms with Crippen LogP contribution in [0, 0.1) is 11.8 Å². The van der Waals surface area contributed by atoms with Gasteiger partial charge in [-0.15, -0.1) is 0 Å². The molecule has 2 fully saturated rings.